The van der Waals surface area contributed by atoms with Crippen molar-refractivity contribution in [2.45, 2.75) is 45.4 Å². The summed E-state index contributed by atoms with van der Waals surface area (Å²) < 4.78 is 32.6. The van der Waals surface area contributed by atoms with Gasteiger partial charge in [0.2, 0.25) is 0 Å². The molecule has 0 unspecified atom stereocenters. The molecule has 3 nitrogen and oxygen atoms in total. The minimum Gasteiger partial charge on any atom is -0.475 e. The van der Waals surface area contributed by atoms with Crippen molar-refractivity contribution in [3.63, 3.8) is 0 Å². The fourth-order valence-corrected chi connectivity index (χ4v) is 2.47. The first kappa shape index (κ1) is 15.0. The predicted octanol–water partition coefficient (Wildman–Crippen LogP) is 4.14. The van der Waals surface area contributed by atoms with Gasteiger partial charge >= 0.3 is 0 Å². The molecule has 0 bridgehead atoms. The van der Waals surface area contributed by atoms with Crippen molar-refractivity contribution in [1.82, 2.24) is 4.98 Å². The second kappa shape index (κ2) is 7.41. The molecule has 1 fully saturated rings. The van der Waals surface area contributed by atoms with Crippen molar-refractivity contribution in [3.05, 3.63) is 17.7 Å². The highest BCUT2D eigenvalue weighted by Gasteiger charge is 2.17. The van der Waals surface area contributed by atoms with Gasteiger partial charge in [0.15, 0.2) is 17.5 Å². The number of nitrogens with one attached hydrogen (secondary N) is 1. The summed E-state index contributed by atoms with van der Waals surface area (Å²) in [6.45, 7) is 3.02. The van der Waals surface area contributed by atoms with Gasteiger partial charge < -0.3 is 10.1 Å². The van der Waals surface area contributed by atoms with E-state index in [1.807, 2.05) is 6.92 Å². The monoisotopic (exact) mass is 284 g/mol. The highest BCUT2D eigenvalue weighted by Crippen LogP contribution is 2.26. The summed E-state index contributed by atoms with van der Waals surface area (Å²) in [6, 6.07) is 0.835. The van der Waals surface area contributed by atoms with Gasteiger partial charge in [-0.25, -0.2) is 8.78 Å². The predicted molar refractivity (Wildman–Crippen MR) is 75.0 cm³/mol. The first-order valence-electron chi connectivity index (χ1n) is 7.43. The molecule has 5 heteroatoms. The highest BCUT2D eigenvalue weighted by atomic mass is 19.1. The van der Waals surface area contributed by atoms with Gasteiger partial charge in [-0.15, -0.1) is 0 Å². The number of pyridine rings is 1. The topological polar surface area (TPSA) is 34.2 Å². The van der Waals surface area contributed by atoms with Gasteiger partial charge in [-0.1, -0.05) is 26.2 Å². The summed E-state index contributed by atoms with van der Waals surface area (Å²) in [7, 11) is 0. The molecule has 0 radical (unpaired) electrons. The molecule has 1 heterocycles. The van der Waals surface area contributed by atoms with Crippen LogP contribution in [0, 0.1) is 17.6 Å². The molecule has 0 spiro atoms. The summed E-state index contributed by atoms with van der Waals surface area (Å²) in [5.74, 6) is -0.995. The molecule has 0 saturated heterocycles. The van der Waals surface area contributed by atoms with Gasteiger partial charge in [0.25, 0.3) is 5.88 Å². The van der Waals surface area contributed by atoms with Crippen molar-refractivity contribution in [2.75, 3.05) is 18.5 Å². The van der Waals surface area contributed by atoms with Crippen molar-refractivity contribution in [2.24, 2.45) is 5.92 Å². The second-order valence-electron chi connectivity index (χ2n) is 5.35. The lowest BCUT2D eigenvalue weighted by atomic mass is 9.90. The number of halogens is 2. The fourth-order valence-electron chi connectivity index (χ4n) is 2.47. The molecular weight excluding hydrogens is 262 g/mol. The quantitative estimate of drug-likeness (QED) is 0.852. The van der Waals surface area contributed by atoms with Crippen LogP contribution in [-0.4, -0.2) is 18.1 Å². The summed E-state index contributed by atoms with van der Waals surface area (Å²) >= 11 is 0. The molecule has 0 atom stereocenters. The molecule has 1 aromatic heterocycles. The molecule has 112 valence electrons. The third-order valence-electron chi connectivity index (χ3n) is 3.62. The van der Waals surface area contributed by atoms with Crippen molar-refractivity contribution >= 4 is 5.82 Å². The Morgan fingerprint density at radius 2 is 2.00 bits per heavy atom. The van der Waals surface area contributed by atoms with Crippen LogP contribution in [0.2, 0.25) is 0 Å². The van der Waals surface area contributed by atoms with E-state index in [4.69, 9.17) is 4.74 Å². The largest absolute Gasteiger partial charge is 0.475 e. The number of hydrogen-bond donors (Lipinski definition) is 1. The number of hydrogen-bond acceptors (Lipinski definition) is 3. The van der Waals surface area contributed by atoms with E-state index in [1.54, 1.807) is 0 Å². The van der Waals surface area contributed by atoms with Gasteiger partial charge in [-0.05, 0) is 25.2 Å². The average molecular weight is 284 g/mol. The first-order chi connectivity index (χ1) is 9.70. The Morgan fingerprint density at radius 3 is 2.70 bits per heavy atom. The van der Waals surface area contributed by atoms with E-state index in [1.165, 1.54) is 19.3 Å². The molecule has 1 aliphatic carbocycles. The summed E-state index contributed by atoms with van der Waals surface area (Å²) in [4.78, 5) is 3.91. The Morgan fingerprint density at radius 1 is 1.25 bits per heavy atom. The van der Waals surface area contributed by atoms with Crippen LogP contribution >= 0.6 is 0 Å². The van der Waals surface area contributed by atoms with Gasteiger partial charge in [0, 0.05) is 12.6 Å². The van der Waals surface area contributed by atoms with E-state index in [9.17, 15) is 8.78 Å². The number of rotatable bonds is 6. The van der Waals surface area contributed by atoms with Crippen molar-refractivity contribution in [1.29, 1.82) is 0 Å². The van der Waals surface area contributed by atoms with Crippen LogP contribution in [0.25, 0.3) is 0 Å². The number of nitrogens with zero attached hydrogens (tertiary/aromatic N) is 1. The third-order valence-corrected chi connectivity index (χ3v) is 3.62. The van der Waals surface area contributed by atoms with Crippen LogP contribution in [0.5, 0.6) is 5.88 Å². The van der Waals surface area contributed by atoms with Gasteiger partial charge in [0.1, 0.15) is 0 Å². The zero-order valence-corrected chi connectivity index (χ0v) is 11.9. The van der Waals surface area contributed by atoms with Crippen LogP contribution in [0.3, 0.4) is 0 Å². The van der Waals surface area contributed by atoms with E-state index >= 15 is 0 Å². The van der Waals surface area contributed by atoms with Crippen LogP contribution < -0.4 is 10.1 Å². The van der Waals surface area contributed by atoms with E-state index < -0.39 is 11.6 Å². The molecule has 2 rings (SSSR count). The normalized spacial score (nSPS) is 16.1. The molecular formula is C15H22F2N2O. The minimum absolute atomic E-state index is 0.0619. The first-order valence-corrected chi connectivity index (χ1v) is 7.43. The third kappa shape index (κ3) is 4.05. The van der Waals surface area contributed by atoms with E-state index in [2.05, 4.69) is 10.3 Å². The number of ether oxygens (including phenoxy) is 1. The Hall–Kier alpha value is -1.39. The lowest BCUT2D eigenvalue weighted by Gasteiger charge is -2.21. The average Bonchev–Trinajstić information content (AvgIpc) is 2.46. The minimum atomic E-state index is -0.736. The number of aromatic nitrogens is 1. The second-order valence-corrected chi connectivity index (χ2v) is 5.35. The van der Waals surface area contributed by atoms with Crippen LogP contribution in [-0.2, 0) is 0 Å². The standard InChI is InChI=1S/C15H22F2N2O/c1-2-8-18-14-12(16)9-13(17)15(19-14)20-10-11-6-4-3-5-7-11/h9,11H,2-8,10H2,1H3,(H,18,19). The van der Waals surface area contributed by atoms with E-state index in [0.29, 0.717) is 19.1 Å². The van der Waals surface area contributed by atoms with E-state index in [-0.39, 0.29) is 11.7 Å². The van der Waals surface area contributed by atoms with Gasteiger partial charge in [-0.3, -0.25) is 0 Å². The highest BCUT2D eigenvalue weighted by molar-refractivity contribution is 5.39. The van der Waals surface area contributed by atoms with Crippen molar-refractivity contribution < 1.29 is 13.5 Å². The lowest BCUT2D eigenvalue weighted by Crippen LogP contribution is -2.17. The Kier molecular flexibility index (Phi) is 5.56. The van der Waals surface area contributed by atoms with Crippen LogP contribution in [0.1, 0.15) is 45.4 Å². The fraction of sp³-hybridized carbons (Fsp3) is 0.667. The molecule has 0 aromatic carbocycles. The zero-order chi connectivity index (χ0) is 14.4. The Balaban J connectivity index is 1.98. The SMILES string of the molecule is CCCNc1nc(OCC2CCCCC2)c(F)cc1F. The summed E-state index contributed by atoms with van der Waals surface area (Å²) in [6.07, 6.45) is 6.75. The molecule has 1 saturated carbocycles. The van der Waals surface area contributed by atoms with Gasteiger partial charge in [-0.2, -0.15) is 4.98 Å². The molecule has 1 aliphatic rings. The van der Waals surface area contributed by atoms with Crippen LogP contribution in [0.4, 0.5) is 14.6 Å². The van der Waals surface area contributed by atoms with Crippen molar-refractivity contribution in [3.8, 4) is 5.88 Å². The van der Waals surface area contributed by atoms with E-state index in [0.717, 1.165) is 25.3 Å². The summed E-state index contributed by atoms with van der Waals surface area (Å²) in [5.41, 5.74) is 0. The molecule has 0 aliphatic heterocycles. The smallest absolute Gasteiger partial charge is 0.252 e. The Bertz CT molecular complexity index is 434. The van der Waals surface area contributed by atoms with Crippen LogP contribution in [0.15, 0.2) is 6.07 Å². The van der Waals surface area contributed by atoms with Gasteiger partial charge in [0.05, 0.1) is 6.61 Å². The maximum atomic E-state index is 13.7. The molecule has 1 N–H and O–H groups in total. The molecule has 1 aromatic rings. The number of anilines is 1. The molecule has 20 heavy (non-hydrogen) atoms. The summed E-state index contributed by atoms with van der Waals surface area (Å²) in [5, 5.41) is 2.84. The lowest BCUT2D eigenvalue weighted by molar-refractivity contribution is 0.195. The maximum absolute atomic E-state index is 13.7. The molecule has 0 amide bonds. The zero-order valence-electron chi connectivity index (χ0n) is 11.9. The maximum Gasteiger partial charge on any atom is 0.252 e. The Labute approximate surface area is 118 Å².